The van der Waals surface area contributed by atoms with Crippen LogP contribution in [-0.4, -0.2) is 9.55 Å². The Kier molecular flexibility index (Phi) is 1.47. The maximum absolute atomic E-state index is 4.28. The number of imidazole rings is 1. The Hall–Kier alpha value is -1.09. The molecular formula is C12H12N2S. The summed E-state index contributed by atoms with van der Waals surface area (Å²) < 4.78 is 2.38. The molecule has 0 saturated heterocycles. The Morgan fingerprint density at radius 3 is 3.13 bits per heavy atom. The van der Waals surface area contributed by atoms with Crippen LogP contribution in [0.15, 0.2) is 24.0 Å². The first-order valence-electron chi connectivity index (χ1n) is 5.55. The molecule has 1 fully saturated rings. The highest BCUT2D eigenvalue weighted by molar-refractivity contribution is 7.10. The Bertz CT molecular complexity index is 467. The van der Waals surface area contributed by atoms with Crippen molar-refractivity contribution in [2.45, 2.75) is 25.3 Å². The van der Waals surface area contributed by atoms with Crippen molar-refractivity contribution >= 4 is 11.3 Å². The molecule has 2 aromatic rings. The van der Waals surface area contributed by atoms with Crippen LogP contribution in [0.2, 0.25) is 0 Å². The summed E-state index contributed by atoms with van der Waals surface area (Å²) in [6.07, 6.45) is 8.19. The third-order valence-corrected chi connectivity index (χ3v) is 4.79. The molecule has 1 aliphatic carbocycles. The lowest BCUT2D eigenvalue weighted by Gasteiger charge is -2.32. The SMILES string of the molecule is c1cc2c(s1)C(C1CCC1)n1cncc1-2. The molecule has 0 amide bonds. The molecule has 0 bridgehead atoms. The van der Waals surface area contributed by atoms with Crippen molar-refractivity contribution in [3.8, 4) is 11.3 Å². The Labute approximate surface area is 92.6 Å². The van der Waals surface area contributed by atoms with E-state index < -0.39 is 0 Å². The molecule has 0 radical (unpaired) electrons. The second kappa shape index (κ2) is 2.73. The third kappa shape index (κ3) is 0.918. The summed E-state index contributed by atoms with van der Waals surface area (Å²) in [5.74, 6) is 0.859. The molecule has 1 saturated carbocycles. The zero-order chi connectivity index (χ0) is 9.83. The van der Waals surface area contributed by atoms with E-state index >= 15 is 0 Å². The number of thiophene rings is 1. The predicted molar refractivity (Wildman–Crippen MR) is 61.0 cm³/mol. The summed E-state index contributed by atoms with van der Waals surface area (Å²) in [5, 5.41) is 2.22. The molecule has 3 heterocycles. The summed E-state index contributed by atoms with van der Waals surface area (Å²) in [5.41, 5.74) is 2.75. The summed E-state index contributed by atoms with van der Waals surface area (Å²) in [6.45, 7) is 0. The van der Waals surface area contributed by atoms with E-state index in [-0.39, 0.29) is 0 Å². The number of fused-ring (bicyclic) bond motifs is 3. The zero-order valence-electron chi connectivity index (χ0n) is 8.39. The summed E-state index contributed by atoms with van der Waals surface area (Å²) in [7, 11) is 0. The Morgan fingerprint density at radius 1 is 1.40 bits per heavy atom. The molecule has 15 heavy (non-hydrogen) atoms. The van der Waals surface area contributed by atoms with Gasteiger partial charge in [0.15, 0.2) is 0 Å². The highest BCUT2D eigenvalue weighted by atomic mass is 32.1. The predicted octanol–water partition coefficient (Wildman–Crippen LogP) is 3.31. The normalized spacial score (nSPS) is 23.6. The van der Waals surface area contributed by atoms with E-state index in [0.29, 0.717) is 6.04 Å². The van der Waals surface area contributed by atoms with Crippen molar-refractivity contribution in [1.82, 2.24) is 9.55 Å². The number of hydrogen-bond donors (Lipinski definition) is 0. The van der Waals surface area contributed by atoms with Gasteiger partial charge in [0, 0.05) is 10.4 Å². The molecule has 0 N–H and O–H groups in total. The van der Waals surface area contributed by atoms with Crippen molar-refractivity contribution in [1.29, 1.82) is 0 Å². The van der Waals surface area contributed by atoms with Gasteiger partial charge in [-0.15, -0.1) is 11.3 Å². The van der Waals surface area contributed by atoms with E-state index in [1.54, 1.807) is 4.88 Å². The number of nitrogens with zero attached hydrogens (tertiary/aromatic N) is 2. The monoisotopic (exact) mass is 216 g/mol. The average Bonchev–Trinajstić information content (AvgIpc) is 2.79. The first kappa shape index (κ1) is 8.11. The molecule has 1 unspecified atom stereocenters. The topological polar surface area (TPSA) is 17.8 Å². The summed E-state index contributed by atoms with van der Waals surface area (Å²) >= 11 is 1.91. The number of rotatable bonds is 1. The van der Waals surface area contributed by atoms with Crippen molar-refractivity contribution in [2.75, 3.05) is 0 Å². The minimum atomic E-state index is 0.603. The minimum absolute atomic E-state index is 0.603. The lowest BCUT2D eigenvalue weighted by molar-refractivity contribution is 0.245. The lowest BCUT2D eigenvalue weighted by Crippen LogP contribution is -2.23. The molecule has 2 aliphatic rings. The second-order valence-corrected chi connectivity index (χ2v) is 5.47. The molecule has 3 heteroatoms. The lowest BCUT2D eigenvalue weighted by atomic mass is 9.79. The first-order valence-corrected chi connectivity index (χ1v) is 6.43. The van der Waals surface area contributed by atoms with Crippen LogP contribution in [0.3, 0.4) is 0 Å². The van der Waals surface area contributed by atoms with Gasteiger partial charge in [-0.05, 0) is 30.2 Å². The van der Waals surface area contributed by atoms with E-state index in [1.165, 1.54) is 30.5 Å². The molecule has 0 aromatic carbocycles. The maximum Gasteiger partial charge on any atom is 0.0957 e. The van der Waals surface area contributed by atoms with Crippen LogP contribution >= 0.6 is 11.3 Å². The minimum Gasteiger partial charge on any atom is -0.322 e. The smallest absolute Gasteiger partial charge is 0.0957 e. The van der Waals surface area contributed by atoms with Crippen LogP contribution in [0.5, 0.6) is 0 Å². The van der Waals surface area contributed by atoms with E-state index in [1.807, 2.05) is 23.9 Å². The average molecular weight is 216 g/mol. The largest absolute Gasteiger partial charge is 0.322 e. The fraction of sp³-hybridized carbons (Fsp3) is 0.417. The van der Waals surface area contributed by atoms with Gasteiger partial charge >= 0.3 is 0 Å². The van der Waals surface area contributed by atoms with Gasteiger partial charge in [-0.2, -0.15) is 0 Å². The van der Waals surface area contributed by atoms with Gasteiger partial charge in [-0.1, -0.05) is 6.42 Å². The van der Waals surface area contributed by atoms with Gasteiger partial charge in [0.1, 0.15) is 0 Å². The fourth-order valence-electron chi connectivity index (χ4n) is 2.82. The number of hydrogen-bond acceptors (Lipinski definition) is 2. The van der Waals surface area contributed by atoms with E-state index in [4.69, 9.17) is 0 Å². The van der Waals surface area contributed by atoms with Crippen LogP contribution in [0, 0.1) is 5.92 Å². The highest BCUT2D eigenvalue weighted by Crippen LogP contribution is 2.50. The highest BCUT2D eigenvalue weighted by Gasteiger charge is 2.37. The molecule has 76 valence electrons. The molecule has 1 aliphatic heterocycles. The van der Waals surface area contributed by atoms with Crippen molar-refractivity contribution < 1.29 is 0 Å². The van der Waals surface area contributed by atoms with Crippen molar-refractivity contribution in [2.24, 2.45) is 5.92 Å². The van der Waals surface area contributed by atoms with Crippen LogP contribution in [0.4, 0.5) is 0 Å². The number of aromatic nitrogens is 2. The molecule has 2 nitrogen and oxygen atoms in total. The summed E-state index contributed by atoms with van der Waals surface area (Å²) in [4.78, 5) is 5.85. The molecule has 4 rings (SSSR count). The molecule has 1 atom stereocenters. The van der Waals surface area contributed by atoms with Gasteiger partial charge in [0.2, 0.25) is 0 Å². The van der Waals surface area contributed by atoms with Gasteiger partial charge in [-0.25, -0.2) is 4.98 Å². The van der Waals surface area contributed by atoms with Crippen LogP contribution in [0.25, 0.3) is 11.3 Å². The fourth-order valence-corrected chi connectivity index (χ4v) is 3.92. The molecular weight excluding hydrogens is 204 g/mol. The standard InChI is InChI=1S/C12H12N2S/c1-2-8(3-1)11-12-9(4-5-15-12)10-6-13-7-14(10)11/h4-8,11H,1-3H2. The zero-order valence-corrected chi connectivity index (χ0v) is 9.20. The van der Waals surface area contributed by atoms with Gasteiger partial charge in [-0.3, -0.25) is 0 Å². The van der Waals surface area contributed by atoms with Crippen LogP contribution in [-0.2, 0) is 0 Å². The Balaban J connectivity index is 1.93. The second-order valence-electron chi connectivity index (χ2n) is 4.52. The first-order chi connectivity index (χ1) is 7.45. The Morgan fingerprint density at radius 2 is 2.33 bits per heavy atom. The third-order valence-electron chi connectivity index (χ3n) is 3.80. The van der Waals surface area contributed by atoms with Crippen molar-refractivity contribution in [3.63, 3.8) is 0 Å². The summed E-state index contributed by atoms with van der Waals surface area (Å²) in [6, 6.07) is 2.85. The maximum atomic E-state index is 4.28. The van der Waals surface area contributed by atoms with Crippen LogP contribution < -0.4 is 0 Å². The van der Waals surface area contributed by atoms with E-state index in [0.717, 1.165) is 5.92 Å². The quantitative estimate of drug-likeness (QED) is 0.715. The van der Waals surface area contributed by atoms with Gasteiger partial charge in [0.05, 0.1) is 24.3 Å². The molecule has 0 spiro atoms. The van der Waals surface area contributed by atoms with Crippen LogP contribution in [0.1, 0.15) is 30.2 Å². The van der Waals surface area contributed by atoms with Crippen molar-refractivity contribution in [3.05, 3.63) is 28.8 Å². The van der Waals surface area contributed by atoms with E-state index in [9.17, 15) is 0 Å². The van der Waals surface area contributed by atoms with E-state index in [2.05, 4.69) is 21.0 Å². The van der Waals surface area contributed by atoms with Gasteiger partial charge in [0.25, 0.3) is 0 Å². The molecule has 2 aromatic heterocycles. The van der Waals surface area contributed by atoms with Gasteiger partial charge < -0.3 is 4.57 Å².